The Hall–Kier alpha value is -3.07. The summed E-state index contributed by atoms with van der Waals surface area (Å²) in [5.74, 6) is 0.428. The molecule has 4 rings (SSSR count). The summed E-state index contributed by atoms with van der Waals surface area (Å²) in [7, 11) is 0. The van der Waals surface area contributed by atoms with Crippen molar-refractivity contribution in [2.75, 3.05) is 23.7 Å². The third-order valence-electron chi connectivity index (χ3n) is 5.95. The number of benzene rings is 2. The van der Waals surface area contributed by atoms with Gasteiger partial charge in [0.15, 0.2) is 0 Å². The van der Waals surface area contributed by atoms with Crippen LogP contribution < -0.4 is 10.6 Å². The fourth-order valence-electron chi connectivity index (χ4n) is 3.96. The van der Waals surface area contributed by atoms with E-state index in [2.05, 4.69) is 10.6 Å². The number of aliphatic hydroxyl groups is 1. The number of carbonyl (C=O) groups excluding carboxylic acids is 2. The van der Waals surface area contributed by atoms with Gasteiger partial charge in [0.2, 0.25) is 5.91 Å². The lowest BCUT2D eigenvalue weighted by Gasteiger charge is -2.16. The molecule has 1 aromatic heterocycles. The second-order valence-corrected chi connectivity index (χ2v) is 10.7. The van der Waals surface area contributed by atoms with Crippen LogP contribution in [0.3, 0.4) is 0 Å². The second-order valence-electron chi connectivity index (χ2n) is 9.89. The molecule has 36 heavy (non-hydrogen) atoms. The van der Waals surface area contributed by atoms with Gasteiger partial charge in [-0.15, -0.1) is 0 Å². The number of likely N-dealkylation sites (tertiary alicyclic amines) is 1. The van der Waals surface area contributed by atoms with E-state index in [0.29, 0.717) is 41.7 Å². The van der Waals surface area contributed by atoms with Gasteiger partial charge in [-0.05, 0) is 36.2 Å². The topological polar surface area (TPSA) is 99.5 Å². The van der Waals surface area contributed by atoms with Crippen molar-refractivity contribution in [3.63, 3.8) is 0 Å². The minimum atomic E-state index is -0.500. The molecule has 0 unspecified atom stereocenters. The van der Waals surface area contributed by atoms with Gasteiger partial charge in [0.1, 0.15) is 5.82 Å². The Balaban J connectivity index is 1.59. The molecule has 1 saturated heterocycles. The van der Waals surface area contributed by atoms with Crippen LogP contribution >= 0.6 is 23.2 Å². The number of halogens is 2. The monoisotopic (exact) mass is 529 g/mol. The minimum absolute atomic E-state index is 0.0318. The molecule has 1 aliphatic heterocycles. The molecule has 2 heterocycles. The summed E-state index contributed by atoms with van der Waals surface area (Å²) in [6.45, 7) is 7.04. The van der Waals surface area contributed by atoms with E-state index in [4.69, 9.17) is 28.3 Å². The molecule has 1 atom stereocenters. The van der Waals surface area contributed by atoms with E-state index in [-0.39, 0.29) is 22.8 Å². The summed E-state index contributed by atoms with van der Waals surface area (Å²) < 4.78 is 1.65. The summed E-state index contributed by atoms with van der Waals surface area (Å²) in [5, 5.41) is 20.7. The number of rotatable bonds is 5. The highest BCUT2D eigenvalue weighted by atomic mass is 35.5. The average molecular weight is 530 g/mol. The van der Waals surface area contributed by atoms with Crippen LogP contribution in [0.15, 0.2) is 48.5 Å². The molecule has 3 N–H and O–H groups in total. The Kier molecular flexibility index (Phi) is 7.59. The Labute approximate surface area is 220 Å². The van der Waals surface area contributed by atoms with Gasteiger partial charge in [0, 0.05) is 24.6 Å². The highest BCUT2D eigenvalue weighted by molar-refractivity contribution is 6.44. The molecule has 0 aliphatic carbocycles. The summed E-state index contributed by atoms with van der Waals surface area (Å²) in [6.07, 6.45) is 0.359. The van der Waals surface area contributed by atoms with Crippen LogP contribution in [0.2, 0.25) is 10.0 Å². The fraction of sp³-hybridized carbons (Fsp3) is 0.346. The zero-order valence-corrected chi connectivity index (χ0v) is 21.9. The van der Waals surface area contributed by atoms with Gasteiger partial charge in [0.25, 0.3) is 0 Å². The Morgan fingerprint density at radius 1 is 1.11 bits per heavy atom. The number of carbonyl (C=O) groups is 2. The Morgan fingerprint density at radius 2 is 1.86 bits per heavy atom. The maximum absolute atomic E-state index is 12.8. The third-order valence-corrected chi connectivity index (χ3v) is 6.76. The van der Waals surface area contributed by atoms with Crippen molar-refractivity contribution in [3.8, 4) is 5.69 Å². The summed E-state index contributed by atoms with van der Waals surface area (Å²) in [5.41, 5.74) is 2.42. The number of nitrogens with zero attached hydrogens (tertiary/aromatic N) is 3. The second kappa shape index (κ2) is 10.5. The largest absolute Gasteiger partial charge is 0.391 e. The molecule has 3 amide bonds. The Morgan fingerprint density at radius 3 is 2.56 bits per heavy atom. The van der Waals surface area contributed by atoms with Crippen LogP contribution in [0, 0.1) is 0 Å². The van der Waals surface area contributed by atoms with E-state index in [9.17, 15) is 14.7 Å². The summed E-state index contributed by atoms with van der Waals surface area (Å²) >= 11 is 12.3. The van der Waals surface area contributed by atoms with Gasteiger partial charge in [-0.1, -0.05) is 62.2 Å². The molecule has 0 bridgehead atoms. The first-order valence-electron chi connectivity index (χ1n) is 11.7. The van der Waals surface area contributed by atoms with Crippen molar-refractivity contribution in [3.05, 3.63) is 69.8 Å². The SMILES string of the molecule is CC(C)(C)c1cc(NC(=O)Nc2cccc(Cl)c2Cl)n(-c2cccc(CC(=O)N3CC[C@@H](O)C3)c2)n1. The van der Waals surface area contributed by atoms with E-state index in [0.717, 1.165) is 11.3 Å². The molecule has 0 saturated carbocycles. The van der Waals surface area contributed by atoms with Crippen LogP contribution in [0.5, 0.6) is 0 Å². The van der Waals surface area contributed by atoms with Gasteiger partial charge in [-0.25, -0.2) is 9.48 Å². The predicted octanol–water partition coefficient (Wildman–Crippen LogP) is 5.26. The van der Waals surface area contributed by atoms with Crippen LogP contribution in [0.4, 0.5) is 16.3 Å². The maximum atomic E-state index is 12.8. The van der Waals surface area contributed by atoms with Crippen molar-refractivity contribution in [2.24, 2.45) is 0 Å². The van der Waals surface area contributed by atoms with Crippen molar-refractivity contribution >= 4 is 46.6 Å². The Bertz CT molecular complexity index is 1280. The molecular weight excluding hydrogens is 501 g/mol. The number of urea groups is 1. The van der Waals surface area contributed by atoms with Gasteiger partial charge in [-0.3, -0.25) is 10.1 Å². The molecule has 8 nitrogen and oxygen atoms in total. The number of hydrogen-bond donors (Lipinski definition) is 3. The number of hydrogen-bond acceptors (Lipinski definition) is 4. The first-order chi connectivity index (χ1) is 17.0. The highest BCUT2D eigenvalue weighted by Crippen LogP contribution is 2.30. The van der Waals surface area contributed by atoms with Gasteiger partial charge >= 0.3 is 6.03 Å². The van der Waals surface area contributed by atoms with Crippen LogP contribution in [-0.2, 0) is 16.6 Å². The zero-order chi connectivity index (χ0) is 26.0. The summed E-state index contributed by atoms with van der Waals surface area (Å²) in [4.78, 5) is 27.2. The lowest BCUT2D eigenvalue weighted by molar-refractivity contribution is -0.129. The average Bonchev–Trinajstić information content (AvgIpc) is 3.43. The van der Waals surface area contributed by atoms with Gasteiger partial charge in [0.05, 0.1) is 39.6 Å². The van der Waals surface area contributed by atoms with Crippen molar-refractivity contribution in [2.45, 2.75) is 45.1 Å². The number of amides is 3. The number of aliphatic hydroxyl groups excluding tert-OH is 1. The smallest absolute Gasteiger partial charge is 0.324 e. The minimum Gasteiger partial charge on any atom is -0.391 e. The number of β-amino-alcohol motifs (C(OH)–C–C–N with tert-alkyl or cyclic N) is 1. The standard InChI is InChI=1S/C26H29Cl2N5O3/c1-26(2,3)21-14-22(30-25(36)29-20-9-5-8-19(27)24(20)28)33(31-21)17-7-4-6-16(12-17)13-23(35)32-11-10-18(34)15-32/h4-9,12,14,18,34H,10-11,13,15H2,1-3H3,(H2,29,30,36)/t18-/m1/s1. The first kappa shape index (κ1) is 26.0. The van der Waals surface area contributed by atoms with Crippen LogP contribution in [0.1, 0.15) is 38.4 Å². The van der Waals surface area contributed by atoms with Gasteiger partial charge in [-0.2, -0.15) is 5.10 Å². The van der Waals surface area contributed by atoms with Crippen LogP contribution in [-0.4, -0.2) is 50.9 Å². The zero-order valence-electron chi connectivity index (χ0n) is 20.4. The van der Waals surface area contributed by atoms with E-state index < -0.39 is 12.1 Å². The molecule has 1 fully saturated rings. The molecule has 0 spiro atoms. The van der Waals surface area contributed by atoms with Crippen molar-refractivity contribution in [1.82, 2.24) is 14.7 Å². The lowest BCUT2D eigenvalue weighted by Crippen LogP contribution is -2.30. The quantitative estimate of drug-likeness (QED) is 0.419. The summed E-state index contributed by atoms with van der Waals surface area (Å²) in [6, 6.07) is 13.8. The number of aromatic nitrogens is 2. The molecule has 1 aliphatic rings. The van der Waals surface area contributed by atoms with E-state index in [1.807, 2.05) is 51.1 Å². The van der Waals surface area contributed by atoms with E-state index in [1.165, 1.54) is 0 Å². The lowest BCUT2D eigenvalue weighted by atomic mass is 9.92. The molecule has 190 valence electrons. The van der Waals surface area contributed by atoms with Gasteiger partial charge < -0.3 is 15.3 Å². The van der Waals surface area contributed by atoms with Crippen molar-refractivity contribution in [1.29, 1.82) is 0 Å². The molecule has 0 radical (unpaired) electrons. The third kappa shape index (κ3) is 6.00. The highest BCUT2D eigenvalue weighted by Gasteiger charge is 2.25. The first-order valence-corrected chi connectivity index (χ1v) is 12.4. The number of anilines is 2. The molecule has 2 aromatic carbocycles. The molecule has 10 heteroatoms. The fourth-order valence-corrected chi connectivity index (χ4v) is 4.30. The van der Waals surface area contributed by atoms with Crippen LogP contribution in [0.25, 0.3) is 5.69 Å². The normalized spacial score (nSPS) is 15.7. The van der Waals surface area contributed by atoms with E-state index >= 15 is 0 Å². The predicted molar refractivity (Wildman–Crippen MR) is 142 cm³/mol. The molecular formula is C26H29Cl2N5O3. The number of nitrogens with one attached hydrogen (secondary N) is 2. The maximum Gasteiger partial charge on any atom is 0.324 e. The molecule has 3 aromatic rings. The van der Waals surface area contributed by atoms with E-state index in [1.54, 1.807) is 27.8 Å². The van der Waals surface area contributed by atoms with Crippen molar-refractivity contribution < 1.29 is 14.7 Å².